The van der Waals surface area contributed by atoms with Gasteiger partial charge >= 0.3 is 0 Å². The van der Waals surface area contributed by atoms with Crippen LogP contribution in [0.1, 0.15) is 64.5 Å². The van der Waals surface area contributed by atoms with Crippen LogP contribution in [-0.2, 0) is 11.0 Å². The summed E-state index contributed by atoms with van der Waals surface area (Å²) in [5.41, 5.74) is 9.51. The second-order valence-electron chi connectivity index (χ2n) is 7.19. The Bertz CT molecular complexity index is 416. The molecule has 0 unspecified atom stereocenters. The first-order valence-electron chi connectivity index (χ1n) is 7.21. The van der Waals surface area contributed by atoms with Gasteiger partial charge in [-0.15, -0.1) is 0 Å². The molecule has 0 aromatic heterocycles. The van der Waals surface area contributed by atoms with Gasteiger partial charge in [0.2, 0.25) is 0 Å². The molecule has 1 aromatic carbocycles. The van der Waals surface area contributed by atoms with Crippen LogP contribution >= 0.6 is 0 Å². The van der Waals surface area contributed by atoms with Crippen LogP contribution in [0, 0.1) is 5.92 Å². The zero-order valence-corrected chi connectivity index (χ0v) is 12.3. The van der Waals surface area contributed by atoms with Crippen LogP contribution in [0.25, 0.3) is 0 Å². The molecule has 0 bridgehead atoms. The first-order valence-corrected chi connectivity index (χ1v) is 7.21. The Hall–Kier alpha value is -0.820. The summed E-state index contributed by atoms with van der Waals surface area (Å²) >= 11 is 0. The average Bonchev–Trinajstić information content (AvgIpc) is 2.28. The van der Waals surface area contributed by atoms with E-state index in [1.807, 2.05) is 0 Å². The van der Waals surface area contributed by atoms with Crippen LogP contribution in [-0.4, -0.2) is 0 Å². The minimum atomic E-state index is -0.0983. The maximum atomic E-state index is 6.68. The Morgan fingerprint density at radius 1 is 1.28 bits per heavy atom. The molecule has 2 rings (SSSR count). The third-order valence-corrected chi connectivity index (χ3v) is 4.34. The minimum Gasteiger partial charge on any atom is -0.321 e. The summed E-state index contributed by atoms with van der Waals surface area (Å²) in [7, 11) is 0. The van der Waals surface area contributed by atoms with Crippen LogP contribution in [0.5, 0.6) is 0 Å². The summed E-state index contributed by atoms with van der Waals surface area (Å²) in [5, 5.41) is 0. The van der Waals surface area contributed by atoms with Crippen molar-refractivity contribution < 1.29 is 0 Å². The van der Waals surface area contributed by atoms with Crippen LogP contribution in [0.3, 0.4) is 0 Å². The van der Waals surface area contributed by atoms with Gasteiger partial charge in [0.1, 0.15) is 0 Å². The summed E-state index contributed by atoms with van der Waals surface area (Å²) in [5.74, 6) is 0.752. The monoisotopic (exact) mass is 245 g/mol. The molecule has 18 heavy (non-hydrogen) atoms. The summed E-state index contributed by atoms with van der Waals surface area (Å²) in [4.78, 5) is 0. The van der Waals surface area contributed by atoms with Crippen molar-refractivity contribution in [2.24, 2.45) is 11.7 Å². The van der Waals surface area contributed by atoms with Crippen molar-refractivity contribution in [3.05, 3.63) is 35.4 Å². The highest BCUT2D eigenvalue weighted by molar-refractivity contribution is 5.33. The van der Waals surface area contributed by atoms with Crippen LogP contribution < -0.4 is 5.73 Å². The van der Waals surface area contributed by atoms with Crippen LogP contribution in [0.15, 0.2) is 24.3 Å². The highest BCUT2D eigenvalue weighted by atomic mass is 14.7. The normalized spacial score (nSPS) is 29.3. The maximum absolute atomic E-state index is 6.68. The molecule has 0 radical (unpaired) electrons. The number of hydrogen-bond acceptors (Lipinski definition) is 1. The first kappa shape index (κ1) is 13.6. The molecule has 1 heteroatoms. The first-order chi connectivity index (χ1) is 8.31. The molecule has 1 saturated carbocycles. The van der Waals surface area contributed by atoms with Crippen molar-refractivity contribution in [3.63, 3.8) is 0 Å². The fourth-order valence-electron chi connectivity index (χ4n) is 3.15. The lowest BCUT2D eigenvalue weighted by Crippen LogP contribution is -2.41. The number of benzene rings is 1. The van der Waals surface area contributed by atoms with Crippen molar-refractivity contribution >= 4 is 0 Å². The van der Waals surface area contributed by atoms with Crippen molar-refractivity contribution in [1.82, 2.24) is 0 Å². The van der Waals surface area contributed by atoms with Crippen LogP contribution in [0.2, 0.25) is 0 Å². The second kappa shape index (κ2) is 4.70. The van der Waals surface area contributed by atoms with Crippen molar-refractivity contribution in [2.45, 2.75) is 64.3 Å². The second-order valence-corrected chi connectivity index (χ2v) is 7.19. The van der Waals surface area contributed by atoms with Crippen molar-refractivity contribution in [1.29, 1.82) is 0 Å². The summed E-state index contributed by atoms with van der Waals surface area (Å²) in [6.45, 7) is 9.12. The lowest BCUT2D eigenvalue weighted by molar-refractivity contribution is 0.239. The standard InChI is InChI=1S/C17H27N/c1-13-7-6-10-17(18,12-13)15-9-5-8-14(11-15)16(2,3)4/h5,8-9,11,13H,6-7,10,12,18H2,1-4H3/t13-,17+/m1/s1. The molecule has 0 amide bonds. The number of rotatable bonds is 1. The van der Waals surface area contributed by atoms with Gasteiger partial charge in [0.05, 0.1) is 0 Å². The van der Waals surface area contributed by atoms with E-state index in [1.54, 1.807) is 0 Å². The maximum Gasteiger partial charge on any atom is 0.0412 e. The molecule has 1 nitrogen and oxygen atoms in total. The molecule has 1 aliphatic rings. The predicted octanol–water partition coefficient (Wildman–Crippen LogP) is 4.35. The van der Waals surface area contributed by atoms with E-state index in [4.69, 9.17) is 5.73 Å². The highest BCUT2D eigenvalue weighted by Crippen LogP contribution is 2.38. The predicted molar refractivity (Wildman–Crippen MR) is 78.6 cm³/mol. The molecule has 1 fully saturated rings. The van der Waals surface area contributed by atoms with Gasteiger partial charge in [0.25, 0.3) is 0 Å². The van der Waals surface area contributed by atoms with Crippen molar-refractivity contribution in [2.75, 3.05) is 0 Å². The summed E-state index contributed by atoms with van der Waals surface area (Å²) < 4.78 is 0. The van der Waals surface area contributed by atoms with Gasteiger partial charge in [-0.25, -0.2) is 0 Å². The van der Waals surface area contributed by atoms with Gasteiger partial charge in [0, 0.05) is 5.54 Å². The molecule has 0 aliphatic heterocycles. The highest BCUT2D eigenvalue weighted by Gasteiger charge is 2.33. The fraction of sp³-hybridized carbons (Fsp3) is 0.647. The molecular weight excluding hydrogens is 218 g/mol. The summed E-state index contributed by atoms with van der Waals surface area (Å²) in [6.07, 6.45) is 4.85. The quantitative estimate of drug-likeness (QED) is 0.782. The Balaban J connectivity index is 2.33. The van der Waals surface area contributed by atoms with E-state index in [0.717, 1.165) is 18.8 Å². The van der Waals surface area contributed by atoms with E-state index in [9.17, 15) is 0 Å². The molecule has 0 spiro atoms. The molecule has 1 aliphatic carbocycles. The molecule has 0 heterocycles. The third kappa shape index (κ3) is 2.77. The lowest BCUT2D eigenvalue weighted by atomic mass is 9.72. The zero-order chi connectivity index (χ0) is 13.4. The Kier molecular flexibility index (Phi) is 3.55. The summed E-state index contributed by atoms with van der Waals surface area (Å²) in [6, 6.07) is 8.94. The van der Waals surface area contributed by atoms with Gasteiger partial charge in [-0.05, 0) is 35.3 Å². The lowest BCUT2D eigenvalue weighted by Gasteiger charge is -2.38. The SMILES string of the molecule is C[C@@H]1CCC[C@@](N)(c2cccc(C(C)(C)C)c2)C1. The zero-order valence-electron chi connectivity index (χ0n) is 12.3. The van der Waals surface area contributed by atoms with E-state index in [1.165, 1.54) is 24.0 Å². The topological polar surface area (TPSA) is 26.0 Å². The minimum absolute atomic E-state index is 0.0983. The Morgan fingerprint density at radius 2 is 2.00 bits per heavy atom. The largest absolute Gasteiger partial charge is 0.321 e. The Labute approximate surface area is 112 Å². The average molecular weight is 245 g/mol. The van der Waals surface area contributed by atoms with E-state index >= 15 is 0 Å². The van der Waals surface area contributed by atoms with Crippen molar-refractivity contribution in [3.8, 4) is 0 Å². The van der Waals surface area contributed by atoms with Gasteiger partial charge in [-0.3, -0.25) is 0 Å². The molecule has 0 saturated heterocycles. The smallest absolute Gasteiger partial charge is 0.0412 e. The van der Waals surface area contributed by atoms with E-state index in [-0.39, 0.29) is 11.0 Å². The molecule has 1 aromatic rings. The van der Waals surface area contributed by atoms with Gasteiger partial charge in [-0.1, -0.05) is 64.8 Å². The van der Waals surface area contributed by atoms with Gasteiger partial charge in [0.15, 0.2) is 0 Å². The van der Waals surface area contributed by atoms with Crippen LogP contribution in [0.4, 0.5) is 0 Å². The third-order valence-electron chi connectivity index (χ3n) is 4.34. The fourth-order valence-corrected chi connectivity index (χ4v) is 3.15. The number of hydrogen-bond donors (Lipinski definition) is 1. The van der Waals surface area contributed by atoms with E-state index in [2.05, 4.69) is 52.0 Å². The molecular formula is C17H27N. The van der Waals surface area contributed by atoms with E-state index < -0.39 is 0 Å². The Morgan fingerprint density at radius 3 is 2.61 bits per heavy atom. The molecule has 2 N–H and O–H groups in total. The molecule has 100 valence electrons. The number of nitrogens with two attached hydrogens (primary N) is 1. The van der Waals surface area contributed by atoms with Gasteiger partial charge < -0.3 is 5.73 Å². The van der Waals surface area contributed by atoms with Gasteiger partial charge in [-0.2, -0.15) is 0 Å². The molecule has 2 atom stereocenters. The van der Waals surface area contributed by atoms with E-state index in [0.29, 0.717) is 0 Å².